The zero-order valence-electron chi connectivity index (χ0n) is 20.6. The van der Waals surface area contributed by atoms with Gasteiger partial charge in [0.2, 0.25) is 26.0 Å². The Balaban J connectivity index is 1.47. The Kier molecular flexibility index (Phi) is 7.77. The van der Waals surface area contributed by atoms with E-state index in [0.29, 0.717) is 0 Å². The Morgan fingerprint density at radius 3 is 2.23 bits per heavy atom. The number of halogens is 2. The van der Waals surface area contributed by atoms with Crippen molar-refractivity contribution in [3.05, 3.63) is 88.7 Å². The van der Waals surface area contributed by atoms with Crippen molar-refractivity contribution in [3.63, 3.8) is 0 Å². The minimum absolute atomic E-state index is 0.0361. The van der Waals surface area contributed by atoms with Gasteiger partial charge in [0.15, 0.2) is 0 Å². The molecule has 3 aromatic carbocycles. The summed E-state index contributed by atoms with van der Waals surface area (Å²) in [5, 5.41) is 2.74. The summed E-state index contributed by atoms with van der Waals surface area (Å²) in [6.45, 7) is 0.873. The van der Waals surface area contributed by atoms with Crippen LogP contribution in [-0.4, -0.2) is 63.7 Å². The quantitative estimate of drug-likeness (QED) is 0.469. The van der Waals surface area contributed by atoms with E-state index in [1.807, 2.05) is 6.07 Å². The number of carbonyl (C=O) groups excluding carboxylic acids is 1. The topological polar surface area (TPSA) is 113 Å². The molecule has 0 spiro atoms. The van der Waals surface area contributed by atoms with Crippen LogP contribution in [0.4, 0.5) is 10.1 Å². The molecule has 0 aliphatic carbocycles. The Hall–Kier alpha value is -2.87. The van der Waals surface area contributed by atoms with E-state index >= 15 is 0 Å². The normalized spacial score (nSPS) is 18.9. The second-order valence-electron chi connectivity index (χ2n) is 9.14. The molecule has 1 fully saturated rings. The lowest BCUT2D eigenvalue weighted by Crippen LogP contribution is -2.50. The highest BCUT2D eigenvalue weighted by Gasteiger charge is 2.40. The molecule has 0 radical (unpaired) electrons. The van der Waals surface area contributed by atoms with Crippen molar-refractivity contribution in [2.75, 3.05) is 31.6 Å². The SMILES string of the molecule is O=C(Nc1cc(S(=O)(=O)N2CCOCC2)ccc1Cl)C1Cc2ccccc2CN1S(=O)(=O)c1ccc(F)cc1. The maximum absolute atomic E-state index is 13.6. The van der Waals surface area contributed by atoms with Gasteiger partial charge >= 0.3 is 0 Å². The van der Waals surface area contributed by atoms with Gasteiger partial charge < -0.3 is 10.1 Å². The lowest BCUT2D eigenvalue weighted by molar-refractivity contribution is -0.120. The predicted molar refractivity (Wildman–Crippen MR) is 143 cm³/mol. The molecule has 206 valence electrons. The van der Waals surface area contributed by atoms with E-state index in [9.17, 15) is 26.0 Å². The Labute approximate surface area is 231 Å². The fourth-order valence-corrected chi connectivity index (χ4v) is 7.79. The summed E-state index contributed by atoms with van der Waals surface area (Å²) in [5.41, 5.74) is 1.58. The van der Waals surface area contributed by atoms with Crippen molar-refractivity contribution >= 4 is 43.2 Å². The molecule has 3 aromatic rings. The summed E-state index contributed by atoms with van der Waals surface area (Å²) in [6.07, 6.45) is 0.0752. The van der Waals surface area contributed by atoms with Crippen LogP contribution in [-0.2, 0) is 42.5 Å². The zero-order chi connectivity index (χ0) is 27.8. The molecule has 1 unspecified atom stereocenters. The fraction of sp³-hybridized carbons (Fsp3) is 0.269. The van der Waals surface area contributed by atoms with Gasteiger partial charge in [0.05, 0.1) is 33.7 Å². The molecule has 0 saturated carbocycles. The first-order valence-corrected chi connectivity index (χ1v) is 15.4. The van der Waals surface area contributed by atoms with Gasteiger partial charge in [-0.2, -0.15) is 8.61 Å². The number of anilines is 1. The number of rotatable bonds is 6. The molecule has 0 aromatic heterocycles. The molecule has 13 heteroatoms. The minimum Gasteiger partial charge on any atom is -0.379 e. The molecule has 1 amide bonds. The third-order valence-electron chi connectivity index (χ3n) is 6.73. The molecule has 39 heavy (non-hydrogen) atoms. The van der Waals surface area contributed by atoms with Gasteiger partial charge in [0, 0.05) is 19.6 Å². The number of ether oxygens (including phenoxy) is 1. The molecule has 1 atom stereocenters. The van der Waals surface area contributed by atoms with Crippen LogP contribution in [0.5, 0.6) is 0 Å². The number of benzene rings is 3. The molecule has 2 heterocycles. The highest BCUT2D eigenvalue weighted by atomic mass is 35.5. The van der Waals surface area contributed by atoms with Crippen molar-refractivity contribution in [2.45, 2.75) is 28.8 Å². The molecule has 1 saturated heterocycles. The molecule has 0 bridgehead atoms. The van der Waals surface area contributed by atoms with E-state index in [2.05, 4.69) is 5.32 Å². The van der Waals surface area contributed by atoms with Crippen LogP contribution in [0.3, 0.4) is 0 Å². The monoisotopic (exact) mass is 593 g/mol. The third-order valence-corrected chi connectivity index (χ3v) is 10.8. The van der Waals surface area contributed by atoms with Crippen molar-refractivity contribution in [1.82, 2.24) is 8.61 Å². The largest absolute Gasteiger partial charge is 0.379 e. The second-order valence-corrected chi connectivity index (χ2v) is 13.4. The first-order chi connectivity index (χ1) is 18.6. The number of nitrogens with one attached hydrogen (secondary N) is 1. The lowest BCUT2D eigenvalue weighted by Gasteiger charge is -2.35. The highest BCUT2D eigenvalue weighted by molar-refractivity contribution is 7.89. The van der Waals surface area contributed by atoms with Crippen LogP contribution in [0, 0.1) is 5.82 Å². The van der Waals surface area contributed by atoms with E-state index in [1.54, 1.807) is 18.2 Å². The van der Waals surface area contributed by atoms with Crippen molar-refractivity contribution in [1.29, 1.82) is 0 Å². The van der Waals surface area contributed by atoms with Crippen LogP contribution >= 0.6 is 11.6 Å². The van der Waals surface area contributed by atoms with Crippen LogP contribution < -0.4 is 5.32 Å². The number of nitrogens with zero attached hydrogens (tertiary/aromatic N) is 2. The van der Waals surface area contributed by atoms with E-state index < -0.39 is 37.8 Å². The Morgan fingerprint density at radius 2 is 1.54 bits per heavy atom. The first kappa shape index (κ1) is 27.7. The molecule has 1 N–H and O–H groups in total. The Bertz CT molecular complexity index is 1610. The summed E-state index contributed by atoms with van der Waals surface area (Å²) in [7, 11) is -8.07. The smallest absolute Gasteiger partial charge is 0.244 e. The Morgan fingerprint density at radius 1 is 0.897 bits per heavy atom. The lowest BCUT2D eigenvalue weighted by atomic mass is 9.95. The number of fused-ring (bicyclic) bond motifs is 1. The van der Waals surface area contributed by atoms with Crippen LogP contribution in [0.25, 0.3) is 0 Å². The van der Waals surface area contributed by atoms with E-state index in [0.717, 1.165) is 39.7 Å². The minimum atomic E-state index is -4.21. The van der Waals surface area contributed by atoms with Gasteiger partial charge in [-0.3, -0.25) is 4.79 Å². The average molecular weight is 594 g/mol. The average Bonchev–Trinajstić information content (AvgIpc) is 2.94. The number of amides is 1. The van der Waals surface area contributed by atoms with Gasteiger partial charge in [-0.1, -0.05) is 35.9 Å². The van der Waals surface area contributed by atoms with Crippen molar-refractivity contribution < 1.29 is 30.8 Å². The predicted octanol–water partition coefficient (Wildman–Crippen LogP) is 3.25. The maximum Gasteiger partial charge on any atom is 0.244 e. The number of hydrogen-bond donors (Lipinski definition) is 1. The van der Waals surface area contributed by atoms with E-state index in [-0.39, 0.29) is 59.8 Å². The summed E-state index contributed by atoms with van der Waals surface area (Å²) in [4.78, 5) is 13.4. The summed E-state index contributed by atoms with van der Waals surface area (Å²) in [5.74, 6) is -1.27. The number of sulfonamides is 2. The van der Waals surface area contributed by atoms with Gasteiger partial charge in [-0.15, -0.1) is 0 Å². The van der Waals surface area contributed by atoms with Crippen LogP contribution in [0.15, 0.2) is 76.5 Å². The molecule has 5 rings (SSSR count). The van der Waals surface area contributed by atoms with Crippen LogP contribution in [0.1, 0.15) is 11.1 Å². The molecular weight excluding hydrogens is 569 g/mol. The zero-order valence-corrected chi connectivity index (χ0v) is 23.0. The standard InChI is InChI=1S/C26H25ClFN3O6S2/c27-23-10-9-22(38(33,34)30-11-13-37-14-12-30)16-24(23)29-26(32)25-15-18-3-1-2-4-19(18)17-31(25)39(35,36)21-7-5-20(28)6-8-21/h1-10,16,25H,11-15,17H2,(H,29,32). The molecule has 2 aliphatic rings. The summed E-state index contributed by atoms with van der Waals surface area (Å²) >= 11 is 6.32. The van der Waals surface area contributed by atoms with E-state index in [1.165, 1.54) is 22.5 Å². The van der Waals surface area contributed by atoms with Crippen molar-refractivity contribution in [2.24, 2.45) is 0 Å². The number of morpholine rings is 1. The van der Waals surface area contributed by atoms with Gasteiger partial charge in [0.1, 0.15) is 11.9 Å². The number of hydrogen-bond acceptors (Lipinski definition) is 6. The van der Waals surface area contributed by atoms with Crippen molar-refractivity contribution in [3.8, 4) is 0 Å². The fourth-order valence-electron chi connectivity index (χ4n) is 4.63. The molecule has 2 aliphatic heterocycles. The van der Waals surface area contributed by atoms with Gasteiger partial charge in [-0.05, 0) is 60.0 Å². The maximum atomic E-state index is 13.6. The third kappa shape index (κ3) is 5.58. The number of carbonyl (C=O) groups is 1. The molecule has 9 nitrogen and oxygen atoms in total. The van der Waals surface area contributed by atoms with Crippen LogP contribution in [0.2, 0.25) is 5.02 Å². The summed E-state index contributed by atoms with van der Waals surface area (Å²) in [6, 6.07) is 14.4. The van der Waals surface area contributed by atoms with Gasteiger partial charge in [-0.25, -0.2) is 21.2 Å². The second kappa shape index (κ2) is 11.0. The first-order valence-electron chi connectivity index (χ1n) is 12.1. The highest BCUT2D eigenvalue weighted by Crippen LogP contribution is 2.32. The van der Waals surface area contributed by atoms with Gasteiger partial charge in [0.25, 0.3) is 0 Å². The van der Waals surface area contributed by atoms with E-state index in [4.69, 9.17) is 16.3 Å². The molecular formula is C26H25ClFN3O6S2. The summed E-state index contributed by atoms with van der Waals surface area (Å²) < 4.78 is 74.6.